The molecule has 0 atom stereocenters. The molecule has 0 radical (unpaired) electrons. The molecule has 0 aliphatic carbocycles. The van der Waals surface area contributed by atoms with Crippen LogP contribution in [0.5, 0.6) is 0 Å². The van der Waals surface area contributed by atoms with Gasteiger partial charge in [-0.3, -0.25) is 4.79 Å². The predicted octanol–water partition coefficient (Wildman–Crippen LogP) is 3.78. The van der Waals surface area contributed by atoms with E-state index in [1.54, 1.807) is 12.1 Å². The fourth-order valence-electron chi connectivity index (χ4n) is 2.89. The van der Waals surface area contributed by atoms with Gasteiger partial charge in [0, 0.05) is 43.7 Å². The predicted molar refractivity (Wildman–Crippen MR) is 114 cm³/mol. The number of carbonyl (C=O) groups is 2. The van der Waals surface area contributed by atoms with Gasteiger partial charge in [0.1, 0.15) is 0 Å². The van der Waals surface area contributed by atoms with Gasteiger partial charge < -0.3 is 19.9 Å². The zero-order valence-corrected chi connectivity index (χ0v) is 17.2. The van der Waals surface area contributed by atoms with Crippen molar-refractivity contribution in [2.75, 3.05) is 42.4 Å². The van der Waals surface area contributed by atoms with Crippen LogP contribution in [0, 0.1) is 0 Å². The van der Waals surface area contributed by atoms with Crippen LogP contribution in [0.15, 0.2) is 48.5 Å². The molecule has 0 saturated carbocycles. The molecule has 1 amide bonds. The highest BCUT2D eigenvalue weighted by molar-refractivity contribution is 5.95. The maximum absolute atomic E-state index is 12.1. The quantitative estimate of drug-likeness (QED) is 0.703. The number of hydrogen-bond acceptors (Lipinski definition) is 5. The summed E-state index contributed by atoms with van der Waals surface area (Å²) in [7, 11) is 3.85. The Labute approximate surface area is 167 Å². The third-order valence-electron chi connectivity index (χ3n) is 4.40. The third kappa shape index (κ3) is 5.74. The molecule has 6 nitrogen and oxygen atoms in total. The van der Waals surface area contributed by atoms with E-state index in [9.17, 15) is 9.59 Å². The van der Waals surface area contributed by atoms with E-state index in [4.69, 9.17) is 4.74 Å². The van der Waals surface area contributed by atoms with Gasteiger partial charge in [0.2, 0.25) is 0 Å². The maximum atomic E-state index is 12.1. The normalized spacial score (nSPS) is 10.5. The average Bonchev–Trinajstić information content (AvgIpc) is 2.67. The van der Waals surface area contributed by atoms with E-state index in [0.717, 1.165) is 17.9 Å². The summed E-state index contributed by atoms with van der Waals surface area (Å²) in [5.41, 5.74) is 3.16. The Morgan fingerprint density at radius 2 is 1.54 bits per heavy atom. The van der Waals surface area contributed by atoms with E-state index in [1.165, 1.54) is 0 Å². The molecule has 0 unspecified atom stereocenters. The Bertz CT molecular complexity index is 784. The van der Waals surface area contributed by atoms with Crippen molar-refractivity contribution in [2.45, 2.75) is 26.8 Å². The molecule has 2 rings (SSSR count). The largest absolute Gasteiger partial charge is 0.452 e. The van der Waals surface area contributed by atoms with E-state index in [2.05, 4.69) is 31.0 Å². The van der Waals surface area contributed by atoms with Crippen LogP contribution in [0.25, 0.3) is 0 Å². The van der Waals surface area contributed by atoms with Crippen LogP contribution in [0.1, 0.15) is 31.1 Å². The van der Waals surface area contributed by atoms with Crippen molar-refractivity contribution < 1.29 is 14.3 Å². The number of esters is 1. The number of nitrogens with zero attached hydrogens (tertiary/aromatic N) is 2. The Kier molecular flexibility index (Phi) is 7.44. The van der Waals surface area contributed by atoms with Crippen LogP contribution in [0.2, 0.25) is 0 Å². The first-order valence-corrected chi connectivity index (χ1v) is 9.43. The van der Waals surface area contributed by atoms with Gasteiger partial charge in [0.15, 0.2) is 6.61 Å². The van der Waals surface area contributed by atoms with Crippen molar-refractivity contribution in [1.82, 2.24) is 0 Å². The Hall–Kier alpha value is -3.02. The molecule has 150 valence electrons. The van der Waals surface area contributed by atoms with E-state index in [1.807, 2.05) is 55.4 Å². The summed E-state index contributed by atoms with van der Waals surface area (Å²) in [6.07, 6.45) is 0. The molecule has 0 aliphatic heterocycles. The van der Waals surface area contributed by atoms with Gasteiger partial charge in [-0.15, -0.1) is 0 Å². The van der Waals surface area contributed by atoms with Crippen LogP contribution >= 0.6 is 0 Å². The number of amides is 1. The lowest BCUT2D eigenvalue weighted by Crippen LogP contribution is -2.30. The third-order valence-corrected chi connectivity index (χ3v) is 4.40. The lowest BCUT2D eigenvalue weighted by Gasteiger charge is -2.27. The van der Waals surface area contributed by atoms with Crippen molar-refractivity contribution in [3.05, 3.63) is 54.1 Å². The van der Waals surface area contributed by atoms with Crippen molar-refractivity contribution in [3.8, 4) is 0 Å². The van der Waals surface area contributed by atoms with E-state index in [-0.39, 0.29) is 12.5 Å². The van der Waals surface area contributed by atoms with Crippen LogP contribution in [0.4, 0.5) is 17.1 Å². The van der Waals surface area contributed by atoms with Crippen LogP contribution < -0.4 is 15.1 Å². The maximum Gasteiger partial charge on any atom is 0.338 e. The Morgan fingerprint density at radius 3 is 2.04 bits per heavy atom. The molecule has 0 saturated heterocycles. The molecule has 0 heterocycles. The molecule has 28 heavy (non-hydrogen) atoms. The second-order valence-corrected chi connectivity index (χ2v) is 6.99. The van der Waals surface area contributed by atoms with Crippen LogP contribution in [-0.4, -0.2) is 45.2 Å². The lowest BCUT2D eigenvalue weighted by molar-refractivity contribution is -0.119. The summed E-state index contributed by atoms with van der Waals surface area (Å²) in [6.45, 7) is 6.97. The lowest BCUT2D eigenvalue weighted by atomic mass is 10.2. The summed E-state index contributed by atoms with van der Waals surface area (Å²) in [4.78, 5) is 28.3. The molecule has 2 aromatic carbocycles. The standard InChI is InChI=1S/C22H29N3O3/c1-6-25(16(2)3)20-13-9-18(10-14-20)23-21(26)15-28-22(27)17-7-11-19(12-8-17)24(4)5/h7-14,16H,6,15H2,1-5H3,(H,23,26). The topological polar surface area (TPSA) is 61.9 Å². The zero-order chi connectivity index (χ0) is 20.7. The van der Waals surface area contributed by atoms with Gasteiger partial charge >= 0.3 is 5.97 Å². The molecule has 0 spiro atoms. The molecule has 0 aromatic heterocycles. The average molecular weight is 383 g/mol. The summed E-state index contributed by atoms with van der Waals surface area (Å²) in [6, 6.07) is 15.1. The monoisotopic (exact) mass is 383 g/mol. The van der Waals surface area contributed by atoms with Gasteiger partial charge in [-0.25, -0.2) is 4.79 Å². The fourth-order valence-corrected chi connectivity index (χ4v) is 2.89. The van der Waals surface area contributed by atoms with Crippen molar-refractivity contribution in [3.63, 3.8) is 0 Å². The first kappa shape index (κ1) is 21.3. The van der Waals surface area contributed by atoms with Crippen molar-refractivity contribution in [1.29, 1.82) is 0 Å². The summed E-state index contributed by atoms with van der Waals surface area (Å²) in [5.74, 6) is -0.895. The van der Waals surface area contributed by atoms with Gasteiger partial charge in [0.25, 0.3) is 5.91 Å². The second-order valence-electron chi connectivity index (χ2n) is 6.99. The van der Waals surface area contributed by atoms with Gasteiger partial charge in [-0.05, 0) is 69.3 Å². The molecule has 0 aliphatic rings. The van der Waals surface area contributed by atoms with Crippen LogP contribution in [0.3, 0.4) is 0 Å². The molecule has 0 bridgehead atoms. The first-order valence-electron chi connectivity index (χ1n) is 9.43. The molecule has 6 heteroatoms. The highest BCUT2D eigenvalue weighted by Crippen LogP contribution is 2.20. The highest BCUT2D eigenvalue weighted by Gasteiger charge is 2.12. The number of hydrogen-bond donors (Lipinski definition) is 1. The smallest absolute Gasteiger partial charge is 0.338 e. The SMILES string of the molecule is CCN(c1ccc(NC(=O)COC(=O)c2ccc(N(C)C)cc2)cc1)C(C)C. The minimum Gasteiger partial charge on any atom is -0.452 e. The van der Waals surface area contributed by atoms with Gasteiger partial charge in [0.05, 0.1) is 5.56 Å². The summed E-state index contributed by atoms with van der Waals surface area (Å²) >= 11 is 0. The highest BCUT2D eigenvalue weighted by atomic mass is 16.5. The molecule has 0 fully saturated rings. The van der Waals surface area contributed by atoms with E-state index < -0.39 is 5.97 Å². The zero-order valence-electron chi connectivity index (χ0n) is 17.2. The van der Waals surface area contributed by atoms with E-state index in [0.29, 0.717) is 17.3 Å². The number of carbonyl (C=O) groups excluding carboxylic acids is 2. The molecule has 2 aromatic rings. The van der Waals surface area contributed by atoms with Gasteiger partial charge in [-0.1, -0.05) is 0 Å². The number of nitrogens with one attached hydrogen (secondary N) is 1. The van der Waals surface area contributed by atoms with E-state index >= 15 is 0 Å². The minimum absolute atomic E-state index is 0.330. The Balaban J connectivity index is 1.87. The number of ether oxygens (including phenoxy) is 1. The Morgan fingerprint density at radius 1 is 0.964 bits per heavy atom. The number of anilines is 3. The molecule has 1 N–H and O–H groups in total. The second kappa shape index (κ2) is 9.78. The number of benzene rings is 2. The van der Waals surface area contributed by atoms with Crippen molar-refractivity contribution >= 4 is 28.9 Å². The first-order chi connectivity index (χ1) is 13.3. The summed E-state index contributed by atoms with van der Waals surface area (Å²) < 4.78 is 5.10. The summed E-state index contributed by atoms with van der Waals surface area (Å²) in [5, 5.41) is 2.74. The number of rotatable bonds is 8. The van der Waals surface area contributed by atoms with Gasteiger partial charge in [-0.2, -0.15) is 0 Å². The van der Waals surface area contributed by atoms with Crippen molar-refractivity contribution in [2.24, 2.45) is 0 Å². The van der Waals surface area contributed by atoms with Crippen LogP contribution in [-0.2, 0) is 9.53 Å². The molecular weight excluding hydrogens is 354 g/mol. The minimum atomic E-state index is -0.522. The molecular formula is C22H29N3O3. The fraction of sp³-hybridized carbons (Fsp3) is 0.364.